The number of hydrogen-bond acceptors (Lipinski definition) is 5. The van der Waals surface area contributed by atoms with Crippen molar-refractivity contribution in [2.45, 2.75) is 31.3 Å². The molecule has 3 rings (SSSR count). The lowest BCUT2D eigenvalue weighted by molar-refractivity contribution is 0.0950. The van der Waals surface area contributed by atoms with Gasteiger partial charge in [-0.2, -0.15) is 0 Å². The van der Waals surface area contributed by atoms with Crippen LogP contribution in [0.1, 0.15) is 24.6 Å². The highest BCUT2D eigenvalue weighted by Gasteiger charge is 2.42. The Bertz CT molecular complexity index is 477. The zero-order valence-electron chi connectivity index (χ0n) is 11.7. The van der Waals surface area contributed by atoms with Crippen molar-refractivity contribution in [3.63, 3.8) is 0 Å². The molecule has 0 amide bonds. The summed E-state index contributed by atoms with van der Waals surface area (Å²) in [7, 11) is 3.78. The fourth-order valence-corrected chi connectivity index (χ4v) is 2.89. The van der Waals surface area contributed by atoms with Gasteiger partial charge in [0.2, 0.25) is 5.88 Å². The van der Waals surface area contributed by atoms with Crippen molar-refractivity contribution in [3.05, 3.63) is 22.3 Å². The highest BCUT2D eigenvalue weighted by Crippen LogP contribution is 2.39. The molecule has 2 fully saturated rings. The number of rotatable bonds is 4. The molecule has 20 heavy (non-hydrogen) atoms. The van der Waals surface area contributed by atoms with Crippen molar-refractivity contribution in [1.29, 1.82) is 0 Å². The maximum Gasteiger partial charge on any atom is 0.214 e. The van der Waals surface area contributed by atoms with Gasteiger partial charge in [-0.15, -0.1) is 0 Å². The summed E-state index contributed by atoms with van der Waals surface area (Å²) >= 11 is 3.50. The number of hydrogen-bond donors (Lipinski definition) is 0. The summed E-state index contributed by atoms with van der Waals surface area (Å²) in [6, 6.07) is 3.86. The molecule has 0 saturated carbocycles. The van der Waals surface area contributed by atoms with E-state index < -0.39 is 0 Å². The molecule has 2 unspecified atom stereocenters. The molecular weight excluding hydrogens is 324 g/mol. The van der Waals surface area contributed by atoms with Crippen molar-refractivity contribution < 1.29 is 14.2 Å². The van der Waals surface area contributed by atoms with Crippen LogP contribution in [0.3, 0.4) is 0 Å². The van der Waals surface area contributed by atoms with Crippen molar-refractivity contribution in [2.24, 2.45) is 0 Å². The fourth-order valence-electron chi connectivity index (χ4n) is 2.46. The average molecular weight is 343 g/mol. The lowest BCUT2D eigenvalue weighted by Gasteiger charge is -2.29. The molecule has 2 aliphatic heterocycles. The summed E-state index contributed by atoms with van der Waals surface area (Å²) in [5, 5.41) is 0. The molecule has 0 aromatic carbocycles. The van der Waals surface area contributed by atoms with Crippen LogP contribution in [0.2, 0.25) is 0 Å². The number of methoxy groups -OCH3 is 1. The molecule has 5 nitrogen and oxygen atoms in total. The number of halogens is 1. The zero-order chi connectivity index (χ0) is 14.1. The average Bonchev–Trinajstić information content (AvgIpc) is 3.20. The number of epoxide rings is 1. The Labute approximate surface area is 127 Å². The second-order valence-corrected chi connectivity index (χ2v) is 6.25. The van der Waals surface area contributed by atoms with Crippen LogP contribution in [0.5, 0.6) is 5.88 Å². The Morgan fingerprint density at radius 2 is 2.10 bits per heavy atom. The molecule has 1 aromatic heterocycles. The predicted molar refractivity (Wildman–Crippen MR) is 77.7 cm³/mol. The molecule has 3 heterocycles. The van der Waals surface area contributed by atoms with Crippen LogP contribution < -0.4 is 4.74 Å². The summed E-state index contributed by atoms with van der Waals surface area (Å²) in [5.41, 5.74) is 0.856. The molecule has 0 N–H and O–H groups in total. The fraction of sp³-hybridized carbons (Fsp3) is 0.643. The molecule has 110 valence electrons. The highest BCUT2D eigenvalue weighted by atomic mass is 79.9. The first kappa shape index (κ1) is 14.3. The molecule has 6 heteroatoms. The predicted octanol–water partition coefficient (Wildman–Crippen LogP) is 2.36. The Kier molecular flexibility index (Phi) is 4.26. The van der Waals surface area contributed by atoms with Crippen molar-refractivity contribution in [3.8, 4) is 5.88 Å². The van der Waals surface area contributed by atoms with Gasteiger partial charge < -0.3 is 19.1 Å². The lowest BCUT2D eigenvalue weighted by atomic mass is 10.1. The Balaban J connectivity index is 1.67. The van der Waals surface area contributed by atoms with Gasteiger partial charge in [0.15, 0.2) is 12.4 Å². The molecule has 0 bridgehead atoms. The number of likely N-dealkylation sites (tertiary alicyclic amines) is 1. The number of nitrogens with zero attached hydrogens (tertiary/aromatic N) is 2. The normalized spacial score (nSPS) is 27.6. The first-order chi connectivity index (χ1) is 9.65. The second-order valence-electron chi connectivity index (χ2n) is 5.33. The second kappa shape index (κ2) is 5.97. The Morgan fingerprint density at radius 1 is 1.35 bits per heavy atom. The van der Waals surface area contributed by atoms with Gasteiger partial charge in [0.1, 0.15) is 6.10 Å². The third kappa shape index (κ3) is 3.31. The molecule has 2 aliphatic rings. The molecule has 2 saturated heterocycles. The van der Waals surface area contributed by atoms with E-state index in [4.69, 9.17) is 14.2 Å². The minimum Gasteiger partial charge on any atom is -0.474 e. The first-order valence-electron chi connectivity index (χ1n) is 6.86. The maximum absolute atomic E-state index is 6.01. The van der Waals surface area contributed by atoms with Crippen LogP contribution >= 0.6 is 15.9 Å². The quantitative estimate of drug-likeness (QED) is 0.786. The third-order valence-corrected chi connectivity index (χ3v) is 4.17. The standard InChI is InChI=1S/C14H19BrN2O3/c1-17-5-3-10(4-6-17)19-12-8-9(15)7-11(16-12)13-14(18-2)20-13/h7-8,10,13-14H,3-6H2,1-2H3. The summed E-state index contributed by atoms with van der Waals surface area (Å²) in [6.07, 6.45) is 2.09. The van der Waals surface area contributed by atoms with E-state index in [-0.39, 0.29) is 18.5 Å². The van der Waals surface area contributed by atoms with Gasteiger partial charge >= 0.3 is 0 Å². The van der Waals surface area contributed by atoms with E-state index >= 15 is 0 Å². The molecular formula is C14H19BrN2O3. The zero-order valence-corrected chi connectivity index (χ0v) is 13.3. The van der Waals surface area contributed by atoms with Crippen molar-refractivity contribution in [2.75, 3.05) is 27.2 Å². The molecule has 1 aromatic rings. The number of piperidine rings is 1. The van der Waals surface area contributed by atoms with Crippen LogP contribution in [0, 0.1) is 0 Å². The van der Waals surface area contributed by atoms with Gasteiger partial charge in [0.05, 0.1) is 5.69 Å². The summed E-state index contributed by atoms with van der Waals surface area (Å²) < 4.78 is 17.5. The summed E-state index contributed by atoms with van der Waals surface area (Å²) in [5.74, 6) is 0.661. The SMILES string of the molecule is COC1OC1c1cc(Br)cc(OC2CCN(C)CC2)n1. The monoisotopic (exact) mass is 342 g/mol. The largest absolute Gasteiger partial charge is 0.474 e. The van der Waals surface area contributed by atoms with E-state index in [9.17, 15) is 0 Å². The Hall–Kier alpha value is -0.690. The van der Waals surface area contributed by atoms with Gasteiger partial charge in [-0.1, -0.05) is 15.9 Å². The minimum absolute atomic E-state index is 0.0719. The van der Waals surface area contributed by atoms with Gasteiger partial charge in [0, 0.05) is 30.7 Å². The molecule has 0 spiro atoms. The number of ether oxygens (including phenoxy) is 3. The van der Waals surface area contributed by atoms with E-state index in [1.807, 2.05) is 12.1 Å². The Morgan fingerprint density at radius 3 is 2.75 bits per heavy atom. The third-order valence-electron chi connectivity index (χ3n) is 3.71. The summed E-state index contributed by atoms with van der Waals surface area (Å²) in [4.78, 5) is 6.86. The molecule has 0 radical (unpaired) electrons. The first-order valence-corrected chi connectivity index (χ1v) is 7.66. The minimum atomic E-state index is -0.173. The van der Waals surface area contributed by atoms with Crippen LogP contribution in [0.15, 0.2) is 16.6 Å². The van der Waals surface area contributed by atoms with Gasteiger partial charge in [-0.3, -0.25) is 0 Å². The lowest BCUT2D eigenvalue weighted by Crippen LogP contribution is -2.35. The topological polar surface area (TPSA) is 47.1 Å². The number of aromatic nitrogens is 1. The van der Waals surface area contributed by atoms with E-state index in [0.29, 0.717) is 5.88 Å². The van der Waals surface area contributed by atoms with Crippen molar-refractivity contribution >= 4 is 15.9 Å². The number of pyridine rings is 1. The highest BCUT2D eigenvalue weighted by molar-refractivity contribution is 9.10. The summed E-state index contributed by atoms with van der Waals surface area (Å²) in [6.45, 7) is 2.14. The van der Waals surface area contributed by atoms with Crippen LogP contribution in [-0.2, 0) is 9.47 Å². The maximum atomic E-state index is 6.01. The van der Waals surface area contributed by atoms with E-state index in [1.54, 1.807) is 7.11 Å². The van der Waals surface area contributed by atoms with Gasteiger partial charge in [0.25, 0.3) is 0 Å². The van der Waals surface area contributed by atoms with E-state index in [1.165, 1.54) is 0 Å². The van der Waals surface area contributed by atoms with Crippen LogP contribution in [0.25, 0.3) is 0 Å². The van der Waals surface area contributed by atoms with Crippen LogP contribution in [0.4, 0.5) is 0 Å². The van der Waals surface area contributed by atoms with E-state index in [0.717, 1.165) is 36.1 Å². The molecule has 2 atom stereocenters. The van der Waals surface area contributed by atoms with Crippen LogP contribution in [-0.4, -0.2) is 49.5 Å². The van der Waals surface area contributed by atoms with Crippen molar-refractivity contribution in [1.82, 2.24) is 9.88 Å². The molecule has 0 aliphatic carbocycles. The smallest absolute Gasteiger partial charge is 0.214 e. The van der Waals surface area contributed by atoms with Gasteiger partial charge in [-0.25, -0.2) is 4.98 Å². The van der Waals surface area contributed by atoms with Gasteiger partial charge in [-0.05, 0) is 26.0 Å². The van der Waals surface area contributed by atoms with E-state index in [2.05, 4.69) is 32.9 Å².